The molecule has 1 saturated heterocycles. The fraction of sp³-hybridized carbons (Fsp3) is 0.730. The normalized spacial score (nSPS) is 22.9. The minimum atomic E-state index is -2.03. The third-order valence-corrected chi connectivity index (χ3v) is 9.77. The van der Waals surface area contributed by atoms with Crippen LogP contribution in [-0.4, -0.2) is 205 Å². The van der Waals surface area contributed by atoms with Gasteiger partial charge in [0, 0.05) is 20.3 Å². The highest BCUT2D eigenvalue weighted by Gasteiger charge is 2.49. The lowest BCUT2D eigenvalue weighted by Crippen LogP contribution is -2.66. The number of carboxylic acid groups (broad SMARTS) is 3. The van der Waals surface area contributed by atoms with Crippen LogP contribution in [0.15, 0.2) is 0 Å². The molecule has 1 aliphatic heterocycles. The van der Waals surface area contributed by atoms with Crippen molar-refractivity contribution in [2.24, 2.45) is 5.73 Å². The first kappa shape index (κ1) is 57.6. The number of nitrogens with two attached hydrogens (primary N) is 1. The minimum absolute atomic E-state index is 0.000667. The molecular weight excluding hydrogens is 878 g/mol. The molecule has 28 heteroatoms. The van der Waals surface area contributed by atoms with E-state index in [9.17, 15) is 78.6 Å². The number of amides is 6. The molecule has 6 amide bonds. The zero-order valence-corrected chi connectivity index (χ0v) is 36.1. The average Bonchev–Trinajstić information content (AvgIpc) is 3.23. The van der Waals surface area contributed by atoms with Gasteiger partial charge in [0.1, 0.15) is 91.3 Å². The van der Waals surface area contributed by atoms with Gasteiger partial charge in [0.15, 0.2) is 6.29 Å². The maximum Gasteiger partial charge on any atom is 0.326 e. The SMILES string of the molecule is CC(=O)NC(C=O)C(OC(C)C(=O)NC(C)C(=O)NC(CCC(=O)NC(CCCC(N)C(=O)O)C(=O)NC(C)C(=O)O)C(=O)O)C(OC1OC(CO)C(O)C(O)C1NC(C)=O)C(O)CO. The number of aliphatic carboxylic acids is 3. The van der Waals surface area contributed by atoms with Crippen molar-refractivity contribution in [3.05, 3.63) is 0 Å². The van der Waals surface area contributed by atoms with Gasteiger partial charge in [-0.15, -0.1) is 0 Å². The lowest BCUT2D eigenvalue weighted by molar-refractivity contribution is -0.302. The minimum Gasteiger partial charge on any atom is -0.480 e. The fourth-order valence-corrected chi connectivity index (χ4v) is 6.13. The third-order valence-electron chi connectivity index (χ3n) is 9.77. The van der Waals surface area contributed by atoms with Crippen LogP contribution < -0.4 is 37.6 Å². The van der Waals surface area contributed by atoms with Gasteiger partial charge in [0.25, 0.3) is 0 Å². The molecule has 0 saturated carbocycles. The van der Waals surface area contributed by atoms with Crippen molar-refractivity contribution < 1.29 is 103 Å². The van der Waals surface area contributed by atoms with Crippen molar-refractivity contribution in [2.75, 3.05) is 13.2 Å². The number of carboxylic acids is 3. The Labute approximate surface area is 371 Å². The molecule has 0 spiro atoms. The predicted octanol–water partition coefficient (Wildman–Crippen LogP) is -7.34. The van der Waals surface area contributed by atoms with E-state index in [1.807, 2.05) is 0 Å². The fourth-order valence-electron chi connectivity index (χ4n) is 6.13. The molecule has 28 nitrogen and oxygen atoms in total. The highest BCUT2D eigenvalue weighted by atomic mass is 16.7. The summed E-state index contributed by atoms with van der Waals surface area (Å²) < 4.78 is 17.1. The molecule has 1 aliphatic rings. The van der Waals surface area contributed by atoms with Crippen LogP contribution >= 0.6 is 0 Å². The van der Waals surface area contributed by atoms with E-state index < -0.39 is 171 Å². The number of carbonyl (C=O) groups excluding carboxylic acids is 7. The highest BCUT2D eigenvalue weighted by molar-refractivity contribution is 5.92. The maximum atomic E-state index is 13.4. The molecule has 0 aliphatic carbocycles. The lowest BCUT2D eigenvalue weighted by Gasteiger charge is -2.45. The summed E-state index contributed by atoms with van der Waals surface area (Å²) in [4.78, 5) is 123. The van der Waals surface area contributed by atoms with E-state index in [1.165, 1.54) is 0 Å². The molecular formula is C37H61N7O21. The predicted molar refractivity (Wildman–Crippen MR) is 214 cm³/mol. The average molecular weight is 940 g/mol. The molecule has 1 heterocycles. The number of hydrogen-bond donors (Lipinski definition) is 15. The smallest absolute Gasteiger partial charge is 0.326 e. The number of aliphatic hydroxyl groups excluding tert-OH is 5. The van der Waals surface area contributed by atoms with Crippen LogP contribution in [0.4, 0.5) is 0 Å². The molecule has 15 atom stereocenters. The summed E-state index contributed by atoms with van der Waals surface area (Å²) in [5, 5.41) is 93.0. The molecule has 16 N–H and O–H groups in total. The zero-order valence-electron chi connectivity index (χ0n) is 36.1. The second kappa shape index (κ2) is 27.8. The van der Waals surface area contributed by atoms with Crippen LogP contribution in [-0.2, 0) is 62.2 Å². The van der Waals surface area contributed by atoms with Gasteiger partial charge >= 0.3 is 17.9 Å². The molecule has 370 valence electrons. The summed E-state index contributed by atoms with van der Waals surface area (Å²) in [7, 11) is 0. The van der Waals surface area contributed by atoms with E-state index in [1.54, 1.807) is 0 Å². The summed E-state index contributed by atoms with van der Waals surface area (Å²) in [5.41, 5.74) is 5.48. The Kier molecular flexibility index (Phi) is 24.6. The summed E-state index contributed by atoms with van der Waals surface area (Å²) >= 11 is 0. The maximum absolute atomic E-state index is 13.4. The molecule has 15 unspecified atom stereocenters. The van der Waals surface area contributed by atoms with Gasteiger partial charge < -0.3 is 97.5 Å². The third kappa shape index (κ3) is 18.9. The van der Waals surface area contributed by atoms with E-state index in [0.29, 0.717) is 0 Å². The molecule has 0 aromatic rings. The number of aldehydes is 1. The number of ether oxygens (including phenoxy) is 3. The van der Waals surface area contributed by atoms with E-state index >= 15 is 0 Å². The Morgan fingerprint density at radius 3 is 1.85 bits per heavy atom. The van der Waals surface area contributed by atoms with Crippen molar-refractivity contribution in [2.45, 2.75) is 158 Å². The van der Waals surface area contributed by atoms with Gasteiger partial charge in [-0.25, -0.2) is 4.79 Å². The van der Waals surface area contributed by atoms with Crippen LogP contribution in [0, 0.1) is 0 Å². The molecule has 0 bridgehead atoms. The summed E-state index contributed by atoms with van der Waals surface area (Å²) in [5.74, 6) is -10.0. The number of aliphatic hydroxyl groups is 5. The first-order valence-corrected chi connectivity index (χ1v) is 20.2. The van der Waals surface area contributed by atoms with Crippen molar-refractivity contribution in [1.29, 1.82) is 0 Å². The van der Waals surface area contributed by atoms with Crippen molar-refractivity contribution in [1.82, 2.24) is 31.9 Å². The van der Waals surface area contributed by atoms with Gasteiger partial charge in [-0.3, -0.25) is 38.4 Å². The van der Waals surface area contributed by atoms with Gasteiger partial charge in [-0.1, -0.05) is 0 Å². The second-order valence-electron chi connectivity index (χ2n) is 15.1. The molecule has 0 aromatic carbocycles. The van der Waals surface area contributed by atoms with Gasteiger partial charge in [0.2, 0.25) is 35.4 Å². The number of hydrogen-bond acceptors (Lipinski definition) is 19. The van der Waals surface area contributed by atoms with Crippen LogP contribution in [0.1, 0.15) is 66.7 Å². The quantitative estimate of drug-likeness (QED) is 0.0310. The van der Waals surface area contributed by atoms with E-state index in [2.05, 4.69) is 31.9 Å². The van der Waals surface area contributed by atoms with Crippen molar-refractivity contribution in [3.8, 4) is 0 Å². The van der Waals surface area contributed by atoms with Gasteiger partial charge in [-0.2, -0.15) is 0 Å². The monoisotopic (exact) mass is 939 g/mol. The number of nitrogens with one attached hydrogen (secondary N) is 6. The Bertz CT molecular complexity index is 1670. The summed E-state index contributed by atoms with van der Waals surface area (Å²) in [6, 6.07) is -10.8. The Morgan fingerprint density at radius 1 is 0.723 bits per heavy atom. The molecule has 1 rings (SSSR count). The van der Waals surface area contributed by atoms with Crippen molar-refractivity contribution in [3.63, 3.8) is 0 Å². The van der Waals surface area contributed by atoms with Crippen LogP contribution in [0.5, 0.6) is 0 Å². The standard InChI is InChI=1S/C37H61N7O21/c1-14(31(54)44-21(36(61)62)9-10-25(51)43-20(8-6-7-19(38)35(59)60)33(56)40-15(2)34(57)58)39-32(55)16(3)63-29(22(11-45)41-17(4)48)30(23(50)12-46)65-37-26(42-18(5)49)28(53)27(52)24(13-47)64-37/h11,14-16,19-24,26-30,37,46-47,50,52-53H,6-10,12-13,38H2,1-5H3,(H,39,55)(H,40,56)(H,41,48)(H,42,49)(H,43,51)(H,44,54)(H,57,58)(H,59,60)(H,61,62). The van der Waals surface area contributed by atoms with E-state index in [-0.39, 0.29) is 25.5 Å². The molecule has 0 aromatic heterocycles. The largest absolute Gasteiger partial charge is 0.480 e. The topological polar surface area (TPSA) is 458 Å². The number of carbonyl (C=O) groups is 10. The molecule has 65 heavy (non-hydrogen) atoms. The van der Waals surface area contributed by atoms with Crippen LogP contribution in [0.25, 0.3) is 0 Å². The highest BCUT2D eigenvalue weighted by Crippen LogP contribution is 2.26. The lowest BCUT2D eigenvalue weighted by atomic mass is 9.96. The van der Waals surface area contributed by atoms with Crippen LogP contribution in [0.3, 0.4) is 0 Å². The number of rotatable bonds is 29. The molecule has 1 fully saturated rings. The Morgan fingerprint density at radius 2 is 1.34 bits per heavy atom. The second-order valence-corrected chi connectivity index (χ2v) is 15.1. The van der Waals surface area contributed by atoms with Gasteiger partial charge in [0.05, 0.1) is 13.2 Å². The molecule has 0 radical (unpaired) electrons. The van der Waals surface area contributed by atoms with E-state index in [0.717, 1.165) is 34.6 Å². The first-order valence-electron chi connectivity index (χ1n) is 20.2. The Hall–Kier alpha value is -5.46. The first-order chi connectivity index (χ1) is 30.3. The van der Waals surface area contributed by atoms with Crippen LogP contribution in [0.2, 0.25) is 0 Å². The Balaban J connectivity index is 3.21. The van der Waals surface area contributed by atoms with Gasteiger partial charge in [-0.05, 0) is 46.5 Å². The summed E-state index contributed by atoms with van der Waals surface area (Å²) in [6.07, 6.45) is -16.1. The summed E-state index contributed by atoms with van der Waals surface area (Å²) in [6.45, 7) is 3.36. The van der Waals surface area contributed by atoms with Crippen molar-refractivity contribution >= 4 is 59.6 Å². The van der Waals surface area contributed by atoms with E-state index in [4.69, 9.17) is 30.2 Å². The zero-order chi connectivity index (χ0) is 49.9.